The largest absolute Gasteiger partial charge is 0.391 e. The lowest BCUT2D eigenvalue weighted by Crippen LogP contribution is -2.11. The molecule has 6 heteroatoms. The molecule has 96 valence electrons. The lowest BCUT2D eigenvalue weighted by Gasteiger charge is -2.08. The van der Waals surface area contributed by atoms with Crippen molar-refractivity contribution in [3.8, 4) is 0 Å². The van der Waals surface area contributed by atoms with Crippen molar-refractivity contribution in [3.05, 3.63) is 23.9 Å². The van der Waals surface area contributed by atoms with Gasteiger partial charge in [-0.2, -0.15) is 13.2 Å². The molecule has 0 atom stereocenters. The molecular formula is C11H15F3N2O. The molecule has 0 spiro atoms. The number of anilines is 1. The van der Waals surface area contributed by atoms with Crippen LogP contribution in [0, 0.1) is 0 Å². The third-order valence-electron chi connectivity index (χ3n) is 1.98. The van der Waals surface area contributed by atoms with Gasteiger partial charge >= 0.3 is 6.18 Å². The fraction of sp³-hybridized carbons (Fsp3) is 0.545. The highest BCUT2D eigenvalue weighted by Gasteiger charge is 2.26. The zero-order valence-corrected chi connectivity index (χ0v) is 9.55. The zero-order chi connectivity index (χ0) is 12.7. The first-order valence-electron chi connectivity index (χ1n) is 5.34. The van der Waals surface area contributed by atoms with Gasteiger partial charge in [-0.25, -0.2) is 4.98 Å². The highest BCUT2D eigenvalue weighted by atomic mass is 19.4. The molecule has 0 radical (unpaired) electrons. The average molecular weight is 248 g/mol. The van der Waals surface area contributed by atoms with Crippen molar-refractivity contribution < 1.29 is 17.9 Å². The van der Waals surface area contributed by atoms with Crippen LogP contribution in [0.3, 0.4) is 0 Å². The van der Waals surface area contributed by atoms with E-state index < -0.39 is 12.6 Å². The molecule has 1 rings (SSSR count). The SMILES string of the molecule is CCNc1cc(COCCC(F)(F)F)ccn1. The van der Waals surface area contributed by atoms with Crippen molar-refractivity contribution in [2.75, 3.05) is 18.5 Å². The molecule has 1 heterocycles. The summed E-state index contributed by atoms with van der Waals surface area (Å²) in [4.78, 5) is 4.05. The summed E-state index contributed by atoms with van der Waals surface area (Å²) in [5, 5.41) is 3.02. The number of halogens is 3. The molecule has 0 amide bonds. The second kappa shape index (κ2) is 6.44. The Hall–Kier alpha value is -1.30. The molecule has 3 nitrogen and oxygen atoms in total. The maximum absolute atomic E-state index is 11.8. The Morgan fingerprint density at radius 3 is 2.82 bits per heavy atom. The second-order valence-electron chi connectivity index (χ2n) is 3.50. The van der Waals surface area contributed by atoms with Crippen molar-refractivity contribution in [1.82, 2.24) is 4.98 Å². The summed E-state index contributed by atoms with van der Waals surface area (Å²) < 4.78 is 40.5. The highest BCUT2D eigenvalue weighted by molar-refractivity contribution is 5.36. The van der Waals surface area contributed by atoms with Crippen LogP contribution in [0.2, 0.25) is 0 Å². The first-order valence-corrected chi connectivity index (χ1v) is 5.34. The minimum atomic E-state index is -4.16. The fourth-order valence-electron chi connectivity index (χ4n) is 1.22. The number of nitrogens with zero attached hydrogens (tertiary/aromatic N) is 1. The lowest BCUT2D eigenvalue weighted by atomic mass is 10.3. The minimum absolute atomic E-state index is 0.164. The van der Waals surface area contributed by atoms with E-state index in [0.717, 1.165) is 12.1 Å². The van der Waals surface area contributed by atoms with Gasteiger partial charge in [0.15, 0.2) is 0 Å². The number of hydrogen-bond acceptors (Lipinski definition) is 3. The van der Waals surface area contributed by atoms with Gasteiger partial charge in [-0.3, -0.25) is 0 Å². The molecule has 0 saturated carbocycles. The monoisotopic (exact) mass is 248 g/mol. The van der Waals surface area contributed by atoms with Crippen LogP contribution in [-0.4, -0.2) is 24.3 Å². The molecule has 1 aromatic heterocycles. The van der Waals surface area contributed by atoms with Crippen molar-refractivity contribution in [2.24, 2.45) is 0 Å². The first kappa shape index (κ1) is 13.8. The minimum Gasteiger partial charge on any atom is -0.376 e. The van der Waals surface area contributed by atoms with Gasteiger partial charge in [0.2, 0.25) is 0 Å². The van der Waals surface area contributed by atoms with Crippen molar-refractivity contribution in [2.45, 2.75) is 26.1 Å². The predicted molar refractivity (Wildman–Crippen MR) is 58.7 cm³/mol. The Bertz CT molecular complexity index is 342. The smallest absolute Gasteiger partial charge is 0.376 e. The maximum atomic E-state index is 11.8. The molecule has 0 fully saturated rings. The van der Waals surface area contributed by atoms with Gasteiger partial charge < -0.3 is 10.1 Å². The van der Waals surface area contributed by atoms with Crippen LogP contribution in [0.1, 0.15) is 18.9 Å². The first-order chi connectivity index (χ1) is 8.01. The molecule has 1 N–H and O–H groups in total. The van der Waals surface area contributed by atoms with Gasteiger partial charge in [0, 0.05) is 12.7 Å². The van der Waals surface area contributed by atoms with E-state index in [-0.39, 0.29) is 13.2 Å². The Labute approximate surface area is 98.0 Å². The van der Waals surface area contributed by atoms with E-state index in [1.54, 1.807) is 18.3 Å². The Balaban J connectivity index is 2.34. The average Bonchev–Trinajstić information content (AvgIpc) is 2.24. The quantitative estimate of drug-likeness (QED) is 0.786. The third kappa shape index (κ3) is 6.11. The van der Waals surface area contributed by atoms with Gasteiger partial charge in [0.1, 0.15) is 5.82 Å². The molecule has 0 aliphatic carbocycles. The summed E-state index contributed by atoms with van der Waals surface area (Å²) in [7, 11) is 0. The van der Waals surface area contributed by atoms with Gasteiger partial charge in [-0.1, -0.05) is 0 Å². The summed E-state index contributed by atoms with van der Waals surface area (Å²) in [6.45, 7) is 2.53. The predicted octanol–water partition coefficient (Wildman–Crippen LogP) is 2.98. The van der Waals surface area contributed by atoms with E-state index in [1.165, 1.54) is 0 Å². The molecular weight excluding hydrogens is 233 g/mol. The van der Waals surface area contributed by atoms with E-state index in [4.69, 9.17) is 4.74 Å². The van der Waals surface area contributed by atoms with Gasteiger partial charge in [0.25, 0.3) is 0 Å². The summed E-state index contributed by atoms with van der Waals surface area (Å²) in [6, 6.07) is 3.48. The van der Waals surface area contributed by atoms with Gasteiger partial charge in [-0.15, -0.1) is 0 Å². The van der Waals surface area contributed by atoms with Crippen LogP contribution in [0.25, 0.3) is 0 Å². The standard InChI is InChI=1S/C11H15F3N2O/c1-2-15-10-7-9(3-5-16-10)8-17-6-4-11(12,13)14/h3,5,7H,2,4,6,8H2,1H3,(H,15,16). The molecule has 0 aliphatic heterocycles. The highest BCUT2D eigenvalue weighted by Crippen LogP contribution is 2.19. The van der Waals surface area contributed by atoms with E-state index in [1.807, 2.05) is 6.92 Å². The number of pyridine rings is 1. The number of nitrogens with one attached hydrogen (secondary N) is 1. The maximum Gasteiger partial charge on any atom is 0.391 e. The summed E-state index contributed by atoms with van der Waals surface area (Å²) in [6.07, 6.45) is -3.48. The number of ether oxygens (including phenoxy) is 1. The van der Waals surface area contributed by atoms with Gasteiger partial charge in [0.05, 0.1) is 19.6 Å². The Kier molecular flexibility index (Phi) is 5.21. The molecule has 1 aromatic rings. The van der Waals surface area contributed by atoms with Crippen LogP contribution < -0.4 is 5.32 Å². The molecule has 0 saturated heterocycles. The van der Waals surface area contributed by atoms with Crippen LogP contribution in [0.15, 0.2) is 18.3 Å². The van der Waals surface area contributed by atoms with Gasteiger partial charge in [-0.05, 0) is 24.6 Å². The van der Waals surface area contributed by atoms with Crippen LogP contribution in [0.4, 0.5) is 19.0 Å². The Morgan fingerprint density at radius 1 is 1.41 bits per heavy atom. The van der Waals surface area contributed by atoms with E-state index in [0.29, 0.717) is 5.82 Å². The molecule has 0 aromatic carbocycles. The molecule has 17 heavy (non-hydrogen) atoms. The van der Waals surface area contributed by atoms with E-state index in [2.05, 4.69) is 10.3 Å². The third-order valence-corrected chi connectivity index (χ3v) is 1.98. The lowest BCUT2D eigenvalue weighted by molar-refractivity contribution is -0.146. The topological polar surface area (TPSA) is 34.1 Å². The van der Waals surface area contributed by atoms with Crippen LogP contribution in [0.5, 0.6) is 0 Å². The Morgan fingerprint density at radius 2 is 2.18 bits per heavy atom. The summed E-state index contributed by atoms with van der Waals surface area (Å²) in [5.41, 5.74) is 0.804. The van der Waals surface area contributed by atoms with Crippen LogP contribution >= 0.6 is 0 Å². The number of aromatic nitrogens is 1. The van der Waals surface area contributed by atoms with Crippen LogP contribution in [-0.2, 0) is 11.3 Å². The molecule has 0 unspecified atom stereocenters. The number of hydrogen-bond donors (Lipinski definition) is 1. The second-order valence-corrected chi connectivity index (χ2v) is 3.50. The normalized spacial score (nSPS) is 11.5. The van der Waals surface area contributed by atoms with Crippen molar-refractivity contribution >= 4 is 5.82 Å². The van der Waals surface area contributed by atoms with E-state index >= 15 is 0 Å². The number of alkyl halides is 3. The number of rotatable bonds is 6. The molecule has 0 bridgehead atoms. The molecule has 0 aliphatic rings. The van der Waals surface area contributed by atoms with Crippen molar-refractivity contribution in [3.63, 3.8) is 0 Å². The summed E-state index contributed by atoms with van der Waals surface area (Å²) in [5.74, 6) is 0.699. The fourth-order valence-corrected chi connectivity index (χ4v) is 1.22. The van der Waals surface area contributed by atoms with E-state index in [9.17, 15) is 13.2 Å². The zero-order valence-electron chi connectivity index (χ0n) is 9.55. The summed E-state index contributed by atoms with van der Waals surface area (Å²) >= 11 is 0. The van der Waals surface area contributed by atoms with Crippen molar-refractivity contribution in [1.29, 1.82) is 0 Å².